The van der Waals surface area contributed by atoms with Crippen LogP contribution in [0.3, 0.4) is 0 Å². The molecular formula is C14H25ClN2. The smallest absolute Gasteiger partial charge is 0.0300 e. The summed E-state index contributed by atoms with van der Waals surface area (Å²) >= 11 is 0. The van der Waals surface area contributed by atoms with E-state index in [0.29, 0.717) is 0 Å². The quantitative estimate of drug-likeness (QED) is 0.795. The maximum atomic E-state index is 6.25. The molecule has 17 heavy (non-hydrogen) atoms. The normalized spacial score (nSPS) is 12.1. The predicted molar refractivity (Wildman–Crippen MR) is 77.7 cm³/mol. The van der Waals surface area contributed by atoms with E-state index < -0.39 is 0 Å². The molecule has 0 radical (unpaired) electrons. The van der Waals surface area contributed by atoms with Gasteiger partial charge in [0.25, 0.3) is 0 Å². The first kappa shape index (κ1) is 16.4. The van der Waals surface area contributed by atoms with Gasteiger partial charge in [-0.2, -0.15) is 0 Å². The monoisotopic (exact) mass is 256 g/mol. The Kier molecular flexibility index (Phi) is 7.44. The molecule has 0 aromatic heterocycles. The predicted octanol–water partition coefficient (Wildman–Crippen LogP) is 3.16. The van der Waals surface area contributed by atoms with Crippen molar-refractivity contribution in [1.82, 2.24) is 0 Å². The van der Waals surface area contributed by atoms with Crippen molar-refractivity contribution in [1.29, 1.82) is 0 Å². The zero-order valence-electron chi connectivity index (χ0n) is 11.1. The number of nitrogens with two attached hydrogens (primary N) is 2. The Morgan fingerprint density at radius 1 is 1.06 bits per heavy atom. The number of unbranched alkanes of at least 4 members (excludes halogenated alkanes) is 1. The van der Waals surface area contributed by atoms with Crippen molar-refractivity contribution in [3.63, 3.8) is 0 Å². The van der Waals surface area contributed by atoms with Crippen molar-refractivity contribution in [3.8, 4) is 0 Å². The minimum atomic E-state index is 0. The van der Waals surface area contributed by atoms with Gasteiger partial charge < -0.3 is 11.5 Å². The van der Waals surface area contributed by atoms with Gasteiger partial charge in [-0.3, -0.25) is 0 Å². The SMILES string of the molecule is Cc1cc(C)c([C@@H](N)CCCCN)c(C)c1.Cl. The van der Waals surface area contributed by atoms with Gasteiger partial charge in [-0.25, -0.2) is 0 Å². The lowest BCUT2D eigenvalue weighted by Crippen LogP contribution is -2.14. The highest BCUT2D eigenvalue weighted by atomic mass is 35.5. The molecule has 0 bridgehead atoms. The van der Waals surface area contributed by atoms with E-state index in [1.807, 2.05) is 0 Å². The van der Waals surface area contributed by atoms with Crippen molar-refractivity contribution in [2.75, 3.05) is 6.54 Å². The van der Waals surface area contributed by atoms with Gasteiger partial charge in [-0.05, 0) is 56.8 Å². The molecule has 1 atom stereocenters. The van der Waals surface area contributed by atoms with Crippen LogP contribution in [0.1, 0.15) is 47.6 Å². The van der Waals surface area contributed by atoms with E-state index in [1.54, 1.807) is 0 Å². The summed E-state index contributed by atoms with van der Waals surface area (Å²) in [5.41, 5.74) is 17.0. The molecule has 0 aliphatic rings. The van der Waals surface area contributed by atoms with Gasteiger partial charge in [-0.15, -0.1) is 12.4 Å². The Morgan fingerprint density at radius 2 is 1.59 bits per heavy atom. The van der Waals surface area contributed by atoms with Gasteiger partial charge in [0, 0.05) is 6.04 Å². The molecule has 0 heterocycles. The van der Waals surface area contributed by atoms with Crippen molar-refractivity contribution >= 4 is 12.4 Å². The molecule has 0 amide bonds. The third kappa shape index (κ3) is 4.66. The van der Waals surface area contributed by atoms with Crippen LogP contribution >= 0.6 is 12.4 Å². The largest absolute Gasteiger partial charge is 0.330 e. The second-order valence-electron chi connectivity index (χ2n) is 4.70. The molecule has 0 aliphatic carbocycles. The zero-order chi connectivity index (χ0) is 12.1. The highest BCUT2D eigenvalue weighted by Crippen LogP contribution is 2.25. The van der Waals surface area contributed by atoms with Crippen molar-refractivity contribution in [2.45, 2.75) is 46.1 Å². The summed E-state index contributed by atoms with van der Waals surface area (Å²) in [5, 5.41) is 0. The lowest BCUT2D eigenvalue weighted by molar-refractivity contribution is 0.586. The fourth-order valence-corrected chi connectivity index (χ4v) is 2.43. The molecule has 1 aromatic carbocycles. The van der Waals surface area contributed by atoms with Crippen LogP contribution < -0.4 is 11.5 Å². The molecule has 1 aromatic rings. The van der Waals surface area contributed by atoms with Crippen molar-refractivity contribution < 1.29 is 0 Å². The summed E-state index contributed by atoms with van der Waals surface area (Å²) in [6.07, 6.45) is 3.21. The van der Waals surface area contributed by atoms with Crippen LogP contribution in [0.5, 0.6) is 0 Å². The number of benzene rings is 1. The number of halogens is 1. The molecule has 1 rings (SSSR count). The van der Waals surface area contributed by atoms with Crippen LogP contribution in [0.15, 0.2) is 12.1 Å². The number of hydrogen-bond acceptors (Lipinski definition) is 2. The number of rotatable bonds is 5. The first-order chi connectivity index (χ1) is 7.56. The molecule has 0 saturated carbocycles. The van der Waals surface area contributed by atoms with Gasteiger partial charge in [0.15, 0.2) is 0 Å². The molecule has 4 N–H and O–H groups in total. The van der Waals surface area contributed by atoms with Gasteiger partial charge in [-0.1, -0.05) is 24.1 Å². The minimum absolute atomic E-state index is 0. The average molecular weight is 257 g/mol. The third-order valence-electron chi connectivity index (χ3n) is 3.08. The lowest BCUT2D eigenvalue weighted by Gasteiger charge is -2.18. The molecule has 0 unspecified atom stereocenters. The number of aryl methyl sites for hydroxylation is 3. The van der Waals surface area contributed by atoms with Crippen LogP contribution in [-0.4, -0.2) is 6.54 Å². The summed E-state index contributed by atoms with van der Waals surface area (Å²) in [6, 6.07) is 4.59. The topological polar surface area (TPSA) is 52.0 Å². The van der Waals surface area contributed by atoms with E-state index in [2.05, 4.69) is 32.9 Å². The fourth-order valence-electron chi connectivity index (χ4n) is 2.43. The lowest BCUT2D eigenvalue weighted by atomic mass is 9.92. The highest BCUT2D eigenvalue weighted by Gasteiger charge is 2.11. The van der Waals surface area contributed by atoms with Crippen molar-refractivity contribution in [2.24, 2.45) is 11.5 Å². The Morgan fingerprint density at radius 3 is 2.06 bits per heavy atom. The molecule has 3 heteroatoms. The van der Waals surface area contributed by atoms with E-state index in [0.717, 1.165) is 25.8 Å². The molecular weight excluding hydrogens is 232 g/mol. The van der Waals surface area contributed by atoms with Crippen LogP contribution in [0.25, 0.3) is 0 Å². The maximum Gasteiger partial charge on any atom is 0.0300 e. The standard InChI is InChI=1S/C14H24N2.ClH/c1-10-8-11(2)14(12(3)9-10)13(16)6-4-5-7-15;/h8-9,13H,4-7,15-16H2,1-3H3;1H/t13-;/m0./s1. The first-order valence-corrected chi connectivity index (χ1v) is 6.09. The molecule has 0 aliphatic heterocycles. The Balaban J connectivity index is 0.00000256. The van der Waals surface area contributed by atoms with Crippen LogP contribution in [-0.2, 0) is 0 Å². The summed E-state index contributed by atoms with van der Waals surface area (Å²) in [7, 11) is 0. The molecule has 98 valence electrons. The van der Waals surface area contributed by atoms with E-state index in [-0.39, 0.29) is 18.4 Å². The Bertz CT molecular complexity index is 327. The zero-order valence-corrected chi connectivity index (χ0v) is 11.9. The number of hydrogen-bond donors (Lipinski definition) is 2. The molecule has 0 fully saturated rings. The fraction of sp³-hybridized carbons (Fsp3) is 0.571. The second-order valence-corrected chi connectivity index (χ2v) is 4.70. The second kappa shape index (κ2) is 7.70. The van der Waals surface area contributed by atoms with Crippen molar-refractivity contribution in [3.05, 3.63) is 34.4 Å². The molecule has 0 spiro atoms. The molecule has 2 nitrogen and oxygen atoms in total. The average Bonchev–Trinajstić information content (AvgIpc) is 2.16. The van der Waals surface area contributed by atoms with Crippen LogP contribution in [0.4, 0.5) is 0 Å². The van der Waals surface area contributed by atoms with Crippen LogP contribution in [0, 0.1) is 20.8 Å². The highest BCUT2D eigenvalue weighted by molar-refractivity contribution is 5.85. The van der Waals surface area contributed by atoms with Gasteiger partial charge in [0.1, 0.15) is 0 Å². The third-order valence-corrected chi connectivity index (χ3v) is 3.08. The minimum Gasteiger partial charge on any atom is -0.330 e. The van der Waals surface area contributed by atoms with E-state index in [4.69, 9.17) is 11.5 Å². The van der Waals surface area contributed by atoms with Gasteiger partial charge in [0.05, 0.1) is 0 Å². The van der Waals surface area contributed by atoms with E-state index >= 15 is 0 Å². The Labute approximate surface area is 111 Å². The summed E-state index contributed by atoms with van der Waals surface area (Å²) in [4.78, 5) is 0. The molecule has 0 saturated heterocycles. The van der Waals surface area contributed by atoms with E-state index in [9.17, 15) is 0 Å². The Hall–Kier alpha value is -0.570. The first-order valence-electron chi connectivity index (χ1n) is 6.09. The van der Waals surface area contributed by atoms with Gasteiger partial charge >= 0.3 is 0 Å². The summed E-state index contributed by atoms with van der Waals surface area (Å²) < 4.78 is 0. The summed E-state index contributed by atoms with van der Waals surface area (Å²) in [6.45, 7) is 7.19. The van der Waals surface area contributed by atoms with Gasteiger partial charge in [0.2, 0.25) is 0 Å². The van der Waals surface area contributed by atoms with Crippen LogP contribution in [0.2, 0.25) is 0 Å². The van der Waals surface area contributed by atoms with E-state index in [1.165, 1.54) is 22.3 Å². The maximum absolute atomic E-state index is 6.25. The summed E-state index contributed by atoms with van der Waals surface area (Å²) in [5.74, 6) is 0.